The molecule has 0 aliphatic carbocycles. The number of aromatic nitrogens is 2. The Morgan fingerprint density at radius 1 is 1.59 bits per heavy atom. The number of nitrogens with one attached hydrogen (secondary N) is 2. The van der Waals surface area contributed by atoms with Gasteiger partial charge in [0.25, 0.3) is 0 Å². The summed E-state index contributed by atoms with van der Waals surface area (Å²) in [7, 11) is 1.59. The van der Waals surface area contributed by atoms with E-state index in [-0.39, 0.29) is 0 Å². The van der Waals surface area contributed by atoms with Gasteiger partial charge in [-0.25, -0.2) is 9.97 Å². The van der Waals surface area contributed by atoms with Gasteiger partial charge in [0.1, 0.15) is 12.1 Å². The summed E-state index contributed by atoms with van der Waals surface area (Å²) in [6.45, 7) is 4.29. The lowest BCUT2D eigenvalue weighted by Gasteiger charge is -2.14. The molecule has 1 atom stereocenters. The Kier molecular flexibility index (Phi) is 4.52. The minimum atomic E-state index is 0.457. The first-order valence-electron chi connectivity index (χ1n) is 5.77. The fourth-order valence-corrected chi connectivity index (χ4v) is 1.69. The van der Waals surface area contributed by atoms with Gasteiger partial charge in [0.15, 0.2) is 0 Å². The number of anilines is 1. The Hall–Kier alpha value is -1.40. The van der Waals surface area contributed by atoms with Gasteiger partial charge in [-0.2, -0.15) is 0 Å². The zero-order valence-corrected chi connectivity index (χ0v) is 9.98. The first kappa shape index (κ1) is 12.1. The van der Waals surface area contributed by atoms with Crippen molar-refractivity contribution in [3.63, 3.8) is 0 Å². The maximum Gasteiger partial charge on any atom is 0.218 e. The second-order valence-corrected chi connectivity index (χ2v) is 3.97. The minimum Gasteiger partial charge on any atom is -0.481 e. The van der Waals surface area contributed by atoms with Gasteiger partial charge in [0, 0.05) is 31.6 Å². The summed E-state index contributed by atoms with van der Waals surface area (Å²) < 4.78 is 10.5. The quantitative estimate of drug-likeness (QED) is 0.777. The number of hydrogen-bond acceptors (Lipinski definition) is 6. The van der Waals surface area contributed by atoms with E-state index in [1.807, 2.05) is 0 Å². The number of methoxy groups -OCH3 is 1. The molecule has 0 amide bonds. The summed E-state index contributed by atoms with van der Waals surface area (Å²) in [6, 6.07) is 1.78. The van der Waals surface area contributed by atoms with Gasteiger partial charge in [0.05, 0.1) is 20.3 Å². The van der Waals surface area contributed by atoms with Crippen LogP contribution in [0, 0.1) is 5.92 Å². The lowest BCUT2D eigenvalue weighted by Crippen LogP contribution is -2.28. The van der Waals surface area contributed by atoms with Crippen molar-refractivity contribution in [1.29, 1.82) is 0 Å². The summed E-state index contributed by atoms with van der Waals surface area (Å²) in [5.41, 5.74) is 0. The molecule has 6 heteroatoms. The standard InChI is InChI=1S/C11H18N4O2/c1-16-11-4-10(14-8-15-11)13-6-9-5-12-2-3-17-7-9/h4,8-9,12H,2-3,5-7H2,1H3,(H,13,14,15). The first-order chi connectivity index (χ1) is 8.38. The van der Waals surface area contributed by atoms with E-state index in [1.54, 1.807) is 13.2 Å². The highest BCUT2D eigenvalue weighted by molar-refractivity contribution is 5.36. The van der Waals surface area contributed by atoms with Crippen LogP contribution < -0.4 is 15.4 Å². The molecule has 0 aromatic carbocycles. The van der Waals surface area contributed by atoms with E-state index in [0.29, 0.717) is 11.8 Å². The highest BCUT2D eigenvalue weighted by atomic mass is 16.5. The SMILES string of the molecule is COc1cc(NCC2CNCCOC2)ncn1. The van der Waals surface area contributed by atoms with Crippen molar-refractivity contribution >= 4 is 5.82 Å². The molecule has 1 saturated heterocycles. The zero-order valence-electron chi connectivity index (χ0n) is 9.98. The summed E-state index contributed by atoms with van der Waals surface area (Å²) in [5, 5.41) is 6.60. The molecular formula is C11H18N4O2. The van der Waals surface area contributed by atoms with Crippen molar-refractivity contribution in [2.75, 3.05) is 45.3 Å². The number of rotatable bonds is 4. The van der Waals surface area contributed by atoms with Crippen molar-refractivity contribution in [3.05, 3.63) is 12.4 Å². The van der Waals surface area contributed by atoms with Crippen LogP contribution in [0.1, 0.15) is 0 Å². The highest BCUT2D eigenvalue weighted by Gasteiger charge is 2.12. The molecule has 2 N–H and O–H groups in total. The summed E-state index contributed by atoms with van der Waals surface area (Å²) >= 11 is 0. The molecule has 1 aliphatic rings. The summed E-state index contributed by atoms with van der Waals surface area (Å²) in [5.74, 6) is 1.80. The smallest absolute Gasteiger partial charge is 0.218 e. The lowest BCUT2D eigenvalue weighted by molar-refractivity contribution is 0.127. The van der Waals surface area contributed by atoms with E-state index >= 15 is 0 Å². The maximum absolute atomic E-state index is 5.48. The first-order valence-corrected chi connectivity index (χ1v) is 5.77. The second kappa shape index (κ2) is 6.36. The number of nitrogens with zero attached hydrogens (tertiary/aromatic N) is 2. The number of hydrogen-bond donors (Lipinski definition) is 2. The van der Waals surface area contributed by atoms with Crippen LogP contribution in [-0.4, -0.2) is 49.9 Å². The third-order valence-electron chi connectivity index (χ3n) is 2.63. The van der Waals surface area contributed by atoms with Gasteiger partial charge in [-0.3, -0.25) is 0 Å². The van der Waals surface area contributed by atoms with E-state index in [0.717, 1.165) is 38.7 Å². The predicted molar refractivity (Wildman–Crippen MR) is 64.3 cm³/mol. The van der Waals surface area contributed by atoms with Gasteiger partial charge in [-0.1, -0.05) is 0 Å². The normalized spacial score (nSPS) is 20.6. The molecule has 0 spiro atoms. The lowest BCUT2D eigenvalue weighted by atomic mass is 10.1. The average molecular weight is 238 g/mol. The van der Waals surface area contributed by atoms with Crippen LogP contribution in [0.5, 0.6) is 5.88 Å². The third kappa shape index (κ3) is 3.83. The molecule has 2 rings (SSSR count). The molecule has 17 heavy (non-hydrogen) atoms. The van der Waals surface area contributed by atoms with Crippen LogP contribution >= 0.6 is 0 Å². The van der Waals surface area contributed by atoms with Gasteiger partial charge >= 0.3 is 0 Å². The van der Waals surface area contributed by atoms with Crippen LogP contribution in [0.4, 0.5) is 5.82 Å². The molecule has 94 valence electrons. The Balaban J connectivity index is 1.83. The van der Waals surface area contributed by atoms with Crippen molar-refractivity contribution in [1.82, 2.24) is 15.3 Å². The number of ether oxygens (including phenoxy) is 2. The molecule has 1 unspecified atom stereocenters. The van der Waals surface area contributed by atoms with Crippen LogP contribution in [-0.2, 0) is 4.74 Å². The van der Waals surface area contributed by atoms with Gasteiger partial charge in [-0.15, -0.1) is 0 Å². The van der Waals surface area contributed by atoms with Crippen molar-refractivity contribution < 1.29 is 9.47 Å². The minimum absolute atomic E-state index is 0.457. The van der Waals surface area contributed by atoms with Gasteiger partial charge in [0.2, 0.25) is 5.88 Å². The average Bonchev–Trinajstić information content (AvgIpc) is 2.65. The Morgan fingerprint density at radius 2 is 2.53 bits per heavy atom. The fourth-order valence-electron chi connectivity index (χ4n) is 1.69. The molecule has 1 aliphatic heterocycles. The molecule has 2 heterocycles. The molecule has 0 radical (unpaired) electrons. The van der Waals surface area contributed by atoms with Crippen LogP contribution in [0.25, 0.3) is 0 Å². The van der Waals surface area contributed by atoms with E-state index in [1.165, 1.54) is 6.33 Å². The third-order valence-corrected chi connectivity index (χ3v) is 2.63. The molecular weight excluding hydrogens is 220 g/mol. The van der Waals surface area contributed by atoms with Gasteiger partial charge in [-0.05, 0) is 0 Å². The Morgan fingerprint density at radius 3 is 3.41 bits per heavy atom. The van der Waals surface area contributed by atoms with Crippen LogP contribution in [0.15, 0.2) is 12.4 Å². The molecule has 6 nitrogen and oxygen atoms in total. The Labute approximate surface area is 101 Å². The molecule has 1 fully saturated rings. The van der Waals surface area contributed by atoms with Crippen LogP contribution in [0.2, 0.25) is 0 Å². The molecule has 1 aromatic heterocycles. The zero-order chi connectivity index (χ0) is 11.9. The summed E-state index contributed by atoms with van der Waals surface area (Å²) in [6.07, 6.45) is 1.49. The van der Waals surface area contributed by atoms with Gasteiger partial charge < -0.3 is 20.1 Å². The predicted octanol–water partition coefficient (Wildman–Crippen LogP) is 0.133. The maximum atomic E-state index is 5.48. The molecule has 1 aromatic rings. The highest BCUT2D eigenvalue weighted by Crippen LogP contribution is 2.11. The molecule has 0 saturated carbocycles. The van der Waals surface area contributed by atoms with Crippen molar-refractivity contribution in [2.45, 2.75) is 0 Å². The van der Waals surface area contributed by atoms with Crippen molar-refractivity contribution in [2.24, 2.45) is 5.92 Å². The molecule has 0 bridgehead atoms. The second-order valence-electron chi connectivity index (χ2n) is 3.97. The van der Waals surface area contributed by atoms with Crippen LogP contribution in [0.3, 0.4) is 0 Å². The van der Waals surface area contributed by atoms with E-state index in [9.17, 15) is 0 Å². The largest absolute Gasteiger partial charge is 0.481 e. The fraction of sp³-hybridized carbons (Fsp3) is 0.636. The van der Waals surface area contributed by atoms with E-state index < -0.39 is 0 Å². The topological polar surface area (TPSA) is 68.3 Å². The van der Waals surface area contributed by atoms with E-state index in [4.69, 9.17) is 9.47 Å². The Bertz CT molecular complexity index is 340. The summed E-state index contributed by atoms with van der Waals surface area (Å²) in [4.78, 5) is 8.09. The van der Waals surface area contributed by atoms with Crippen molar-refractivity contribution in [3.8, 4) is 5.88 Å². The monoisotopic (exact) mass is 238 g/mol. The van der Waals surface area contributed by atoms with E-state index in [2.05, 4.69) is 20.6 Å².